The van der Waals surface area contributed by atoms with Gasteiger partial charge in [0.15, 0.2) is 0 Å². The van der Waals surface area contributed by atoms with Crippen molar-refractivity contribution in [3.8, 4) is 6.07 Å². The van der Waals surface area contributed by atoms with E-state index in [9.17, 15) is 8.42 Å². The first-order chi connectivity index (χ1) is 11.0. The molecule has 0 saturated heterocycles. The molecule has 0 radical (unpaired) electrons. The van der Waals surface area contributed by atoms with Crippen LogP contribution in [0.4, 0.5) is 5.69 Å². The van der Waals surface area contributed by atoms with Crippen molar-refractivity contribution < 1.29 is 13.2 Å². The Morgan fingerprint density at radius 1 is 1.30 bits per heavy atom. The van der Waals surface area contributed by atoms with Gasteiger partial charge in [0.25, 0.3) is 0 Å². The first kappa shape index (κ1) is 17.7. The van der Waals surface area contributed by atoms with Gasteiger partial charge >= 0.3 is 0 Å². The quantitative estimate of drug-likeness (QED) is 0.743. The summed E-state index contributed by atoms with van der Waals surface area (Å²) in [5, 5.41) is 17.3. The van der Waals surface area contributed by atoms with E-state index in [-0.39, 0.29) is 10.5 Å². The molecule has 2 rings (SSSR count). The van der Waals surface area contributed by atoms with Gasteiger partial charge in [0.1, 0.15) is 6.07 Å². The van der Waals surface area contributed by atoms with E-state index in [1.54, 1.807) is 6.07 Å². The Morgan fingerprint density at radius 2 is 2.04 bits per heavy atom. The molecule has 1 aromatic rings. The topological polar surface area (TPSA) is 105 Å². The predicted octanol–water partition coefficient (Wildman–Crippen LogP) is 2.36. The third kappa shape index (κ3) is 5.50. The first-order valence-corrected chi connectivity index (χ1v) is 9.48. The van der Waals surface area contributed by atoms with E-state index < -0.39 is 10.0 Å². The maximum atomic E-state index is 11.3. The van der Waals surface area contributed by atoms with Crippen LogP contribution < -0.4 is 10.5 Å². The van der Waals surface area contributed by atoms with E-state index in [0.717, 1.165) is 19.3 Å². The van der Waals surface area contributed by atoms with Gasteiger partial charge in [0.05, 0.1) is 22.3 Å². The highest BCUT2D eigenvalue weighted by Crippen LogP contribution is 2.21. The number of nitriles is 1. The van der Waals surface area contributed by atoms with E-state index in [1.165, 1.54) is 31.4 Å². The van der Waals surface area contributed by atoms with Crippen LogP contribution in [0.2, 0.25) is 0 Å². The molecule has 6 nitrogen and oxygen atoms in total. The molecule has 0 spiro atoms. The number of sulfonamides is 1. The summed E-state index contributed by atoms with van der Waals surface area (Å²) in [5.74, 6) is 0. The van der Waals surface area contributed by atoms with Crippen LogP contribution in [0.3, 0.4) is 0 Å². The number of ether oxygens (including phenoxy) is 1. The van der Waals surface area contributed by atoms with Gasteiger partial charge in [-0.15, -0.1) is 0 Å². The molecule has 0 aliphatic heterocycles. The average molecular weight is 337 g/mol. The number of hydrogen-bond acceptors (Lipinski definition) is 5. The number of benzene rings is 1. The lowest BCUT2D eigenvalue weighted by molar-refractivity contribution is 0.0284. The summed E-state index contributed by atoms with van der Waals surface area (Å²) in [6.07, 6.45) is 7.36. The zero-order valence-corrected chi connectivity index (χ0v) is 13.9. The van der Waals surface area contributed by atoms with Crippen LogP contribution in [0.15, 0.2) is 23.1 Å². The van der Waals surface area contributed by atoms with Crippen molar-refractivity contribution in [2.24, 2.45) is 5.14 Å². The number of nitrogens with one attached hydrogen (secondary N) is 1. The molecule has 1 aromatic carbocycles. The second kappa shape index (κ2) is 8.29. The zero-order valence-electron chi connectivity index (χ0n) is 13.1. The third-order valence-electron chi connectivity index (χ3n) is 3.98. The SMILES string of the molecule is N#Cc1cc(S(N)(=O)=O)ccc1NCCCOC1CCCCC1. The summed E-state index contributed by atoms with van der Waals surface area (Å²) in [5.41, 5.74) is 0.877. The Bertz CT molecular complexity index is 662. The van der Waals surface area contributed by atoms with Crippen molar-refractivity contribution in [3.05, 3.63) is 23.8 Å². The van der Waals surface area contributed by atoms with Gasteiger partial charge in [0.2, 0.25) is 10.0 Å². The van der Waals surface area contributed by atoms with E-state index >= 15 is 0 Å². The largest absolute Gasteiger partial charge is 0.384 e. The summed E-state index contributed by atoms with van der Waals surface area (Å²) in [6.45, 7) is 1.35. The van der Waals surface area contributed by atoms with Crippen LogP contribution in [0.5, 0.6) is 0 Å². The maximum Gasteiger partial charge on any atom is 0.238 e. The Morgan fingerprint density at radius 3 is 2.70 bits per heavy atom. The molecular formula is C16H23N3O3S. The third-order valence-corrected chi connectivity index (χ3v) is 4.89. The van der Waals surface area contributed by atoms with Crippen molar-refractivity contribution in [1.29, 1.82) is 5.26 Å². The van der Waals surface area contributed by atoms with Crippen molar-refractivity contribution in [2.45, 2.75) is 49.5 Å². The molecular weight excluding hydrogens is 314 g/mol. The summed E-state index contributed by atoms with van der Waals surface area (Å²) in [6, 6.07) is 6.24. The number of primary sulfonamides is 1. The minimum absolute atomic E-state index is 0.0553. The van der Waals surface area contributed by atoms with Gasteiger partial charge < -0.3 is 10.1 Å². The molecule has 0 unspecified atom stereocenters. The molecule has 0 amide bonds. The van der Waals surface area contributed by atoms with Crippen LogP contribution in [0, 0.1) is 11.3 Å². The molecule has 1 aliphatic rings. The predicted molar refractivity (Wildman–Crippen MR) is 88.5 cm³/mol. The summed E-state index contributed by atoms with van der Waals surface area (Å²) in [4.78, 5) is -0.0553. The van der Waals surface area contributed by atoms with Crippen LogP contribution >= 0.6 is 0 Å². The zero-order chi connectivity index (χ0) is 16.7. The normalized spacial score (nSPS) is 16.0. The van der Waals surface area contributed by atoms with Crippen molar-refractivity contribution in [3.63, 3.8) is 0 Å². The van der Waals surface area contributed by atoms with E-state index in [1.807, 2.05) is 6.07 Å². The van der Waals surface area contributed by atoms with Crippen molar-refractivity contribution >= 4 is 15.7 Å². The molecule has 1 fully saturated rings. The summed E-state index contributed by atoms with van der Waals surface area (Å²) in [7, 11) is -3.79. The Hall–Kier alpha value is -1.62. The molecule has 0 bridgehead atoms. The Labute approximate surface area is 137 Å². The first-order valence-electron chi connectivity index (χ1n) is 7.93. The molecule has 0 heterocycles. The van der Waals surface area contributed by atoms with Crippen LogP contribution in [0.1, 0.15) is 44.1 Å². The average Bonchev–Trinajstić information content (AvgIpc) is 2.54. The fourth-order valence-electron chi connectivity index (χ4n) is 2.72. The number of rotatable bonds is 7. The van der Waals surface area contributed by atoms with Gasteiger partial charge in [-0.1, -0.05) is 19.3 Å². The monoisotopic (exact) mass is 337 g/mol. The van der Waals surface area contributed by atoms with E-state index in [2.05, 4.69) is 5.32 Å². The van der Waals surface area contributed by atoms with E-state index in [4.69, 9.17) is 15.1 Å². The Balaban J connectivity index is 1.80. The van der Waals surface area contributed by atoms with Gasteiger partial charge in [-0.05, 0) is 37.5 Å². The highest BCUT2D eigenvalue weighted by Gasteiger charge is 2.13. The minimum Gasteiger partial charge on any atom is -0.384 e. The lowest BCUT2D eigenvalue weighted by atomic mass is 9.98. The van der Waals surface area contributed by atoms with Crippen LogP contribution in [-0.2, 0) is 14.8 Å². The molecule has 3 N–H and O–H groups in total. The lowest BCUT2D eigenvalue weighted by Crippen LogP contribution is -2.18. The minimum atomic E-state index is -3.79. The second-order valence-electron chi connectivity index (χ2n) is 5.78. The molecule has 1 saturated carbocycles. The van der Waals surface area contributed by atoms with Gasteiger partial charge in [0, 0.05) is 13.2 Å². The van der Waals surface area contributed by atoms with Gasteiger partial charge in [-0.25, -0.2) is 13.6 Å². The number of anilines is 1. The van der Waals surface area contributed by atoms with Gasteiger partial charge in [-0.2, -0.15) is 5.26 Å². The Kier molecular flexibility index (Phi) is 6.39. The molecule has 7 heteroatoms. The smallest absolute Gasteiger partial charge is 0.238 e. The molecule has 23 heavy (non-hydrogen) atoms. The summed E-state index contributed by atoms with van der Waals surface area (Å²) >= 11 is 0. The van der Waals surface area contributed by atoms with Crippen molar-refractivity contribution in [1.82, 2.24) is 0 Å². The molecule has 1 aliphatic carbocycles. The molecule has 0 atom stereocenters. The second-order valence-corrected chi connectivity index (χ2v) is 7.34. The summed E-state index contributed by atoms with van der Waals surface area (Å²) < 4.78 is 28.4. The van der Waals surface area contributed by atoms with Crippen molar-refractivity contribution in [2.75, 3.05) is 18.5 Å². The number of nitrogens with two attached hydrogens (primary N) is 1. The maximum absolute atomic E-state index is 11.3. The molecule has 0 aromatic heterocycles. The highest BCUT2D eigenvalue weighted by molar-refractivity contribution is 7.89. The van der Waals surface area contributed by atoms with Crippen LogP contribution in [0.25, 0.3) is 0 Å². The number of nitrogens with zero attached hydrogens (tertiary/aromatic N) is 1. The fourth-order valence-corrected chi connectivity index (χ4v) is 3.26. The van der Waals surface area contributed by atoms with Crippen LogP contribution in [-0.4, -0.2) is 27.7 Å². The highest BCUT2D eigenvalue weighted by atomic mass is 32.2. The standard InChI is InChI=1S/C16H23N3O3S/c17-12-13-11-15(23(18,20)21)7-8-16(13)19-9-4-10-22-14-5-2-1-3-6-14/h7-8,11,14,19H,1-6,9-10H2,(H2,18,20,21). The van der Waals surface area contributed by atoms with E-state index in [0.29, 0.717) is 24.9 Å². The van der Waals surface area contributed by atoms with Gasteiger partial charge in [-0.3, -0.25) is 0 Å². The lowest BCUT2D eigenvalue weighted by Gasteiger charge is -2.22. The fraction of sp³-hybridized carbons (Fsp3) is 0.562. The molecule has 126 valence electrons. The number of hydrogen-bond donors (Lipinski definition) is 2.